The minimum Gasteiger partial charge on any atom is -0.329 e. The fraction of sp³-hybridized carbons (Fsp3) is 0.250. The summed E-state index contributed by atoms with van der Waals surface area (Å²) in [7, 11) is 0. The molecule has 0 aliphatic carbocycles. The van der Waals surface area contributed by atoms with E-state index >= 15 is 0 Å². The highest BCUT2D eigenvalue weighted by Gasteiger charge is 2.10. The van der Waals surface area contributed by atoms with Gasteiger partial charge in [0.1, 0.15) is 0 Å². The molecule has 100 valence electrons. The van der Waals surface area contributed by atoms with Crippen LogP contribution in [0.4, 0.5) is 0 Å². The van der Waals surface area contributed by atoms with E-state index in [1.165, 1.54) is 16.7 Å². The second kappa shape index (κ2) is 6.99. The third kappa shape index (κ3) is 4.27. The van der Waals surface area contributed by atoms with Crippen molar-refractivity contribution in [1.82, 2.24) is 0 Å². The molecular weight excluding hydrogens is 274 g/mol. The molecule has 2 rings (SSSR count). The van der Waals surface area contributed by atoms with E-state index in [9.17, 15) is 0 Å². The Morgan fingerprint density at radius 1 is 1.16 bits per heavy atom. The first-order valence-electron chi connectivity index (χ1n) is 6.31. The van der Waals surface area contributed by atoms with E-state index in [-0.39, 0.29) is 0 Å². The molecule has 0 fully saturated rings. The minimum absolute atomic E-state index is 0.291. The lowest BCUT2D eigenvalue weighted by atomic mass is 10.1. The summed E-state index contributed by atoms with van der Waals surface area (Å²) in [5.74, 6) is 0.968. The third-order valence-electron chi connectivity index (χ3n) is 2.97. The molecule has 0 spiro atoms. The van der Waals surface area contributed by atoms with Gasteiger partial charge in [-0.15, -0.1) is 11.8 Å². The Balaban J connectivity index is 2.04. The van der Waals surface area contributed by atoms with Gasteiger partial charge in [-0.3, -0.25) is 0 Å². The fourth-order valence-electron chi connectivity index (χ4n) is 2.01. The first kappa shape index (κ1) is 14.4. The molecule has 0 heterocycles. The van der Waals surface area contributed by atoms with E-state index in [0.717, 1.165) is 10.8 Å². The number of halogens is 1. The molecule has 0 bridgehead atoms. The number of thioether (sulfide) groups is 1. The number of hydrogen-bond acceptors (Lipinski definition) is 2. The van der Waals surface area contributed by atoms with Crippen LogP contribution in [0.5, 0.6) is 0 Å². The van der Waals surface area contributed by atoms with Gasteiger partial charge in [-0.25, -0.2) is 0 Å². The molecule has 1 nitrogen and oxygen atoms in total. The molecule has 0 aliphatic rings. The zero-order valence-electron chi connectivity index (χ0n) is 11.0. The molecule has 0 amide bonds. The smallest absolute Gasteiger partial charge is 0.0423 e. The Labute approximate surface area is 124 Å². The quantitative estimate of drug-likeness (QED) is 0.872. The topological polar surface area (TPSA) is 26.0 Å². The van der Waals surface area contributed by atoms with Crippen LogP contribution >= 0.6 is 23.4 Å². The average Bonchev–Trinajstić information content (AvgIpc) is 2.40. The van der Waals surface area contributed by atoms with Gasteiger partial charge in [0.15, 0.2) is 0 Å². The summed E-state index contributed by atoms with van der Waals surface area (Å²) in [6.07, 6.45) is 0. The van der Waals surface area contributed by atoms with Crippen molar-refractivity contribution in [3.8, 4) is 0 Å². The molecule has 3 heteroatoms. The van der Waals surface area contributed by atoms with E-state index in [1.807, 2.05) is 30.0 Å². The summed E-state index contributed by atoms with van der Waals surface area (Å²) in [6, 6.07) is 16.6. The summed E-state index contributed by atoms with van der Waals surface area (Å²) in [5.41, 5.74) is 9.72. The number of aryl methyl sites for hydroxylation is 1. The van der Waals surface area contributed by atoms with Crippen LogP contribution in [0, 0.1) is 6.92 Å². The van der Waals surface area contributed by atoms with Crippen molar-refractivity contribution in [3.05, 3.63) is 70.2 Å². The van der Waals surface area contributed by atoms with Gasteiger partial charge in [0, 0.05) is 22.6 Å². The van der Waals surface area contributed by atoms with E-state index in [0.29, 0.717) is 11.8 Å². The lowest BCUT2D eigenvalue weighted by Gasteiger charge is -2.15. The standard InChI is InChI=1S/C16H18ClNS/c1-12-4-2-5-13(8-12)11-19-16(10-18)14-6-3-7-15(17)9-14/h2-9,16H,10-11,18H2,1H3. The highest BCUT2D eigenvalue weighted by Crippen LogP contribution is 2.31. The lowest BCUT2D eigenvalue weighted by Crippen LogP contribution is -2.09. The van der Waals surface area contributed by atoms with Gasteiger partial charge in [-0.05, 0) is 30.2 Å². The van der Waals surface area contributed by atoms with E-state index < -0.39 is 0 Å². The predicted octanol–water partition coefficient (Wildman–Crippen LogP) is 4.58. The molecule has 2 aromatic carbocycles. The van der Waals surface area contributed by atoms with Gasteiger partial charge >= 0.3 is 0 Å². The van der Waals surface area contributed by atoms with Crippen LogP contribution in [-0.2, 0) is 5.75 Å². The molecule has 19 heavy (non-hydrogen) atoms. The summed E-state index contributed by atoms with van der Waals surface area (Å²) >= 11 is 7.90. The predicted molar refractivity (Wildman–Crippen MR) is 85.7 cm³/mol. The summed E-state index contributed by atoms with van der Waals surface area (Å²) in [4.78, 5) is 0. The van der Waals surface area contributed by atoms with E-state index in [4.69, 9.17) is 17.3 Å². The number of benzene rings is 2. The lowest BCUT2D eigenvalue weighted by molar-refractivity contribution is 0.940. The van der Waals surface area contributed by atoms with Crippen LogP contribution in [-0.4, -0.2) is 6.54 Å². The van der Waals surface area contributed by atoms with E-state index in [1.54, 1.807) is 0 Å². The highest BCUT2D eigenvalue weighted by molar-refractivity contribution is 7.98. The van der Waals surface area contributed by atoms with Crippen molar-refractivity contribution in [2.24, 2.45) is 5.73 Å². The number of rotatable bonds is 5. The largest absolute Gasteiger partial charge is 0.329 e. The second-order valence-electron chi connectivity index (χ2n) is 4.58. The fourth-order valence-corrected chi connectivity index (χ4v) is 3.25. The van der Waals surface area contributed by atoms with Gasteiger partial charge in [-0.2, -0.15) is 0 Å². The van der Waals surface area contributed by atoms with Crippen LogP contribution in [0.2, 0.25) is 5.02 Å². The zero-order chi connectivity index (χ0) is 13.7. The number of nitrogens with two attached hydrogens (primary N) is 1. The van der Waals surface area contributed by atoms with Crippen LogP contribution < -0.4 is 5.73 Å². The highest BCUT2D eigenvalue weighted by atomic mass is 35.5. The van der Waals surface area contributed by atoms with E-state index in [2.05, 4.69) is 37.3 Å². The van der Waals surface area contributed by atoms with Crippen LogP contribution in [0.3, 0.4) is 0 Å². The monoisotopic (exact) mass is 291 g/mol. The van der Waals surface area contributed by atoms with Gasteiger partial charge in [0.2, 0.25) is 0 Å². The molecule has 0 saturated carbocycles. The maximum absolute atomic E-state index is 6.03. The first-order valence-corrected chi connectivity index (χ1v) is 7.74. The Kier molecular flexibility index (Phi) is 5.32. The Morgan fingerprint density at radius 3 is 2.63 bits per heavy atom. The molecular formula is C16H18ClNS. The van der Waals surface area contributed by atoms with Crippen LogP contribution in [0.1, 0.15) is 21.9 Å². The summed E-state index contributed by atoms with van der Waals surface area (Å²) < 4.78 is 0. The molecule has 0 aromatic heterocycles. The van der Waals surface area contributed by atoms with Crippen molar-refractivity contribution in [2.45, 2.75) is 17.9 Å². The van der Waals surface area contributed by atoms with Gasteiger partial charge in [-0.1, -0.05) is 53.6 Å². The van der Waals surface area contributed by atoms with Crippen LogP contribution in [0.25, 0.3) is 0 Å². The zero-order valence-corrected chi connectivity index (χ0v) is 12.5. The molecule has 2 N–H and O–H groups in total. The van der Waals surface area contributed by atoms with Gasteiger partial charge in [0.05, 0.1) is 0 Å². The Morgan fingerprint density at radius 2 is 1.95 bits per heavy atom. The summed E-state index contributed by atoms with van der Waals surface area (Å²) in [6.45, 7) is 2.74. The minimum atomic E-state index is 0.291. The molecule has 2 aromatic rings. The second-order valence-corrected chi connectivity index (χ2v) is 6.21. The van der Waals surface area contributed by atoms with Crippen LogP contribution in [0.15, 0.2) is 48.5 Å². The van der Waals surface area contributed by atoms with Crippen molar-refractivity contribution >= 4 is 23.4 Å². The molecule has 0 saturated heterocycles. The Bertz CT molecular complexity index is 542. The number of hydrogen-bond donors (Lipinski definition) is 1. The molecule has 0 radical (unpaired) electrons. The normalized spacial score (nSPS) is 12.4. The molecule has 0 aliphatic heterocycles. The average molecular weight is 292 g/mol. The molecule has 1 atom stereocenters. The Hall–Kier alpha value is -0.960. The first-order chi connectivity index (χ1) is 9.19. The van der Waals surface area contributed by atoms with Crippen molar-refractivity contribution < 1.29 is 0 Å². The van der Waals surface area contributed by atoms with Crippen molar-refractivity contribution in [3.63, 3.8) is 0 Å². The van der Waals surface area contributed by atoms with Crippen molar-refractivity contribution in [2.75, 3.05) is 6.54 Å². The third-order valence-corrected chi connectivity index (χ3v) is 4.57. The summed E-state index contributed by atoms with van der Waals surface area (Å²) in [5, 5.41) is 1.06. The van der Waals surface area contributed by atoms with Gasteiger partial charge in [0.25, 0.3) is 0 Å². The maximum Gasteiger partial charge on any atom is 0.0423 e. The maximum atomic E-state index is 6.03. The molecule has 1 unspecified atom stereocenters. The van der Waals surface area contributed by atoms with Gasteiger partial charge < -0.3 is 5.73 Å². The van der Waals surface area contributed by atoms with Crippen molar-refractivity contribution in [1.29, 1.82) is 0 Å². The SMILES string of the molecule is Cc1cccc(CSC(CN)c2cccc(Cl)c2)c1.